The van der Waals surface area contributed by atoms with Crippen LogP contribution in [0.15, 0.2) is 0 Å². The van der Waals surface area contributed by atoms with E-state index >= 15 is 0 Å². The first-order valence-corrected chi connectivity index (χ1v) is 8.46. The van der Waals surface area contributed by atoms with Gasteiger partial charge in [0.2, 0.25) is 10.0 Å². The highest BCUT2D eigenvalue weighted by Crippen LogP contribution is 2.27. The van der Waals surface area contributed by atoms with E-state index in [1.807, 2.05) is 20.8 Å². The van der Waals surface area contributed by atoms with Gasteiger partial charge in [0.1, 0.15) is 0 Å². The lowest BCUT2D eigenvalue weighted by atomic mass is 10.0. The van der Waals surface area contributed by atoms with Crippen LogP contribution in [0.4, 0.5) is 0 Å². The van der Waals surface area contributed by atoms with Gasteiger partial charge in [-0.3, -0.25) is 0 Å². The van der Waals surface area contributed by atoms with Crippen molar-refractivity contribution in [2.45, 2.75) is 52.5 Å². The van der Waals surface area contributed by atoms with Crippen molar-refractivity contribution in [2.24, 2.45) is 5.41 Å². The lowest BCUT2D eigenvalue weighted by Crippen LogP contribution is -2.46. The Morgan fingerprint density at radius 1 is 1.29 bits per heavy atom. The minimum absolute atomic E-state index is 0.119. The molecule has 1 saturated heterocycles. The van der Waals surface area contributed by atoms with Crippen molar-refractivity contribution in [1.82, 2.24) is 4.31 Å². The molecule has 1 rings (SSSR count). The molecule has 1 unspecified atom stereocenters. The highest BCUT2D eigenvalue weighted by molar-refractivity contribution is 7.89. The number of hydrogen-bond donors (Lipinski definition) is 0. The molecule has 0 aromatic rings. The molecule has 1 aliphatic heterocycles. The van der Waals surface area contributed by atoms with Crippen molar-refractivity contribution in [3.05, 3.63) is 0 Å². The molecule has 17 heavy (non-hydrogen) atoms. The fraction of sp³-hybridized carbons (Fsp3) is 1.00. The van der Waals surface area contributed by atoms with E-state index in [0.29, 0.717) is 12.4 Å². The fourth-order valence-electron chi connectivity index (χ4n) is 2.38. The molecular weight excluding hydrogens is 258 g/mol. The molecule has 0 aromatic heterocycles. The molecule has 0 bridgehead atoms. The molecule has 0 N–H and O–H groups in total. The van der Waals surface area contributed by atoms with Crippen molar-refractivity contribution in [2.75, 3.05) is 18.2 Å². The van der Waals surface area contributed by atoms with E-state index in [2.05, 4.69) is 0 Å². The third-order valence-corrected chi connectivity index (χ3v) is 5.63. The summed E-state index contributed by atoms with van der Waals surface area (Å²) in [5.41, 5.74) is -0.193. The smallest absolute Gasteiger partial charge is 0.212 e. The lowest BCUT2D eigenvalue weighted by Gasteiger charge is -2.36. The molecule has 0 aromatic carbocycles. The summed E-state index contributed by atoms with van der Waals surface area (Å²) in [6.45, 7) is 6.56. The van der Waals surface area contributed by atoms with E-state index in [1.165, 1.54) is 0 Å². The summed E-state index contributed by atoms with van der Waals surface area (Å²) < 4.78 is 26.4. The Morgan fingerprint density at radius 3 is 2.47 bits per heavy atom. The van der Waals surface area contributed by atoms with Crippen LogP contribution >= 0.6 is 11.6 Å². The van der Waals surface area contributed by atoms with E-state index in [0.717, 1.165) is 25.7 Å². The van der Waals surface area contributed by atoms with Gasteiger partial charge in [-0.05, 0) is 24.7 Å². The number of hydrogen-bond acceptors (Lipinski definition) is 2. The van der Waals surface area contributed by atoms with Gasteiger partial charge >= 0.3 is 0 Å². The standard InChI is InChI=1S/C12H24ClNO2S/c1-12(2,3)10-17(15,16)14-9-5-4-6-11(14)7-8-13/h11H,4-10H2,1-3H3. The second kappa shape index (κ2) is 5.89. The van der Waals surface area contributed by atoms with Crippen molar-refractivity contribution >= 4 is 21.6 Å². The van der Waals surface area contributed by atoms with E-state index in [4.69, 9.17) is 11.6 Å². The Kier molecular flexibility index (Phi) is 5.29. The lowest BCUT2D eigenvalue weighted by molar-refractivity contribution is 0.244. The fourth-order valence-corrected chi connectivity index (χ4v) is 4.97. The quantitative estimate of drug-likeness (QED) is 0.743. The van der Waals surface area contributed by atoms with E-state index < -0.39 is 10.0 Å². The highest BCUT2D eigenvalue weighted by Gasteiger charge is 2.34. The molecule has 0 spiro atoms. The molecule has 0 amide bonds. The molecule has 0 saturated carbocycles. The Labute approximate surface area is 111 Å². The predicted octanol–water partition coefficient (Wildman–Crippen LogP) is 2.85. The topological polar surface area (TPSA) is 37.4 Å². The van der Waals surface area contributed by atoms with Crippen LogP contribution in [0.2, 0.25) is 0 Å². The maximum atomic E-state index is 12.4. The third kappa shape index (κ3) is 4.76. The Morgan fingerprint density at radius 2 is 1.94 bits per heavy atom. The second-order valence-corrected chi connectivity index (χ2v) is 8.35. The molecule has 0 aliphatic carbocycles. The average molecular weight is 282 g/mol. The Bertz CT molecular complexity index is 333. The number of piperidine rings is 1. The minimum atomic E-state index is -3.14. The van der Waals surface area contributed by atoms with Gasteiger partial charge in [0.15, 0.2) is 0 Å². The maximum Gasteiger partial charge on any atom is 0.214 e. The number of nitrogens with zero attached hydrogens (tertiary/aromatic N) is 1. The maximum absolute atomic E-state index is 12.4. The van der Waals surface area contributed by atoms with Crippen LogP contribution < -0.4 is 0 Å². The van der Waals surface area contributed by atoms with Crippen LogP contribution in [0.3, 0.4) is 0 Å². The number of sulfonamides is 1. The second-order valence-electron chi connectivity index (χ2n) is 6.05. The molecular formula is C12H24ClNO2S. The summed E-state index contributed by atoms with van der Waals surface area (Å²) >= 11 is 5.76. The van der Waals surface area contributed by atoms with Crippen LogP contribution in [0, 0.1) is 5.41 Å². The van der Waals surface area contributed by atoms with Gasteiger partial charge in [-0.2, -0.15) is 4.31 Å². The van der Waals surface area contributed by atoms with Gasteiger partial charge in [-0.1, -0.05) is 27.2 Å². The normalized spacial score (nSPS) is 23.9. The zero-order valence-electron chi connectivity index (χ0n) is 11.1. The molecule has 5 heteroatoms. The first-order chi connectivity index (χ1) is 7.76. The average Bonchev–Trinajstić information content (AvgIpc) is 2.15. The summed E-state index contributed by atoms with van der Waals surface area (Å²) in [6, 6.07) is 0.119. The van der Waals surface area contributed by atoms with Crippen molar-refractivity contribution in [3.63, 3.8) is 0 Å². The summed E-state index contributed by atoms with van der Waals surface area (Å²) in [5.74, 6) is 0.755. The van der Waals surface area contributed by atoms with Crippen LogP contribution in [-0.4, -0.2) is 36.9 Å². The molecule has 1 atom stereocenters. The van der Waals surface area contributed by atoms with Gasteiger partial charge in [0, 0.05) is 18.5 Å². The van der Waals surface area contributed by atoms with E-state index in [-0.39, 0.29) is 17.2 Å². The molecule has 1 aliphatic rings. The number of alkyl halides is 1. The summed E-state index contributed by atoms with van der Waals surface area (Å²) in [4.78, 5) is 0. The van der Waals surface area contributed by atoms with Crippen LogP contribution in [0.5, 0.6) is 0 Å². The Hall–Kier alpha value is 0.200. The predicted molar refractivity (Wildman–Crippen MR) is 72.9 cm³/mol. The molecule has 102 valence electrons. The zero-order chi connectivity index (χ0) is 13.1. The van der Waals surface area contributed by atoms with Gasteiger partial charge in [0.05, 0.1) is 5.75 Å². The monoisotopic (exact) mass is 281 g/mol. The van der Waals surface area contributed by atoms with Crippen molar-refractivity contribution < 1.29 is 8.42 Å². The van der Waals surface area contributed by atoms with Crippen molar-refractivity contribution in [1.29, 1.82) is 0 Å². The third-order valence-electron chi connectivity index (χ3n) is 2.99. The van der Waals surface area contributed by atoms with Crippen molar-refractivity contribution in [3.8, 4) is 0 Å². The zero-order valence-corrected chi connectivity index (χ0v) is 12.6. The SMILES string of the molecule is CC(C)(C)CS(=O)(=O)N1CCCCC1CCCl. The minimum Gasteiger partial charge on any atom is -0.212 e. The van der Waals surface area contributed by atoms with Gasteiger partial charge in [-0.25, -0.2) is 8.42 Å². The van der Waals surface area contributed by atoms with Gasteiger partial charge in [-0.15, -0.1) is 11.6 Å². The summed E-state index contributed by atoms with van der Waals surface area (Å²) in [5, 5.41) is 0. The van der Waals surface area contributed by atoms with Gasteiger partial charge < -0.3 is 0 Å². The van der Waals surface area contributed by atoms with E-state index in [9.17, 15) is 8.42 Å². The summed E-state index contributed by atoms with van der Waals surface area (Å²) in [7, 11) is -3.14. The molecule has 1 fully saturated rings. The molecule has 1 heterocycles. The highest BCUT2D eigenvalue weighted by atomic mass is 35.5. The summed E-state index contributed by atoms with van der Waals surface area (Å²) in [6.07, 6.45) is 3.81. The largest absolute Gasteiger partial charge is 0.214 e. The van der Waals surface area contributed by atoms with Crippen LogP contribution in [-0.2, 0) is 10.0 Å². The first kappa shape index (κ1) is 15.3. The van der Waals surface area contributed by atoms with E-state index in [1.54, 1.807) is 4.31 Å². The first-order valence-electron chi connectivity index (χ1n) is 6.32. The van der Waals surface area contributed by atoms with Crippen LogP contribution in [0.25, 0.3) is 0 Å². The van der Waals surface area contributed by atoms with Crippen LogP contribution in [0.1, 0.15) is 46.5 Å². The van der Waals surface area contributed by atoms with Gasteiger partial charge in [0.25, 0.3) is 0 Å². The Balaban J connectivity index is 2.80. The number of halogens is 1. The molecule has 3 nitrogen and oxygen atoms in total. The molecule has 0 radical (unpaired) electrons. The number of rotatable bonds is 4.